The summed E-state index contributed by atoms with van der Waals surface area (Å²) in [6.45, 7) is 10.2. The highest BCUT2D eigenvalue weighted by molar-refractivity contribution is 14.0. The first-order valence-corrected chi connectivity index (χ1v) is 11.2. The van der Waals surface area contributed by atoms with Crippen molar-refractivity contribution in [1.29, 1.82) is 0 Å². The van der Waals surface area contributed by atoms with E-state index in [0.29, 0.717) is 12.2 Å². The van der Waals surface area contributed by atoms with Crippen LogP contribution in [-0.2, 0) is 11.3 Å². The van der Waals surface area contributed by atoms with Gasteiger partial charge in [-0.1, -0.05) is 24.3 Å². The summed E-state index contributed by atoms with van der Waals surface area (Å²) in [6, 6.07) is 15.7. The number of guanidine groups is 1. The number of para-hydroxylation sites is 1. The third-order valence-electron chi connectivity index (χ3n) is 5.83. The fourth-order valence-corrected chi connectivity index (χ4v) is 4.09. The van der Waals surface area contributed by atoms with E-state index in [9.17, 15) is 4.39 Å². The maximum Gasteiger partial charge on any atom is 0.194 e. The smallest absolute Gasteiger partial charge is 0.194 e. The molecule has 174 valence electrons. The molecule has 6 nitrogen and oxygen atoms in total. The zero-order chi connectivity index (χ0) is 21.5. The van der Waals surface area contributed by atoms with Crippen molar-refractivity contribution in [3.05, 3.63) is 59.9 Å². The molecule has 2 aromatic carbocycles. The van der Waals surface area contributed by atoms with Gasteiger partial charge in [0.1, 0.15) is 5.82 Å². The number of halogens is 2. The SMILES string of the molecule is CCNC(=NCc1ccc(N2CCOCC2)cc1)N1CCN(c2ccccc2F)CC1.I. The molecule has 1 N–H and O–H groups in total. The molecule has 2 saturated heterocycles. The Hall–Kier alpha value is -2.07. The number of rotatable bonds is 5. The summed E-state index contributed by atoms with van der Waals surface area (Å²) in [5.74, 6) is 0.769. The van der Waals surface area contributed by atoms with Crippen molar-refractivity contribution >= 4 is 41.3 Å². The van der Waals surface area contributed by atoms with E-state index in [0.717, 1.165) is 65.0 Å². The van der Waals surface area contributed by atoms with E-state index in [1.165, 1.54) is 17.3 Å². The molecule has 32 heavy (non-hydrogen) atoms. The lowest BCUT2D eigenvalue weighted by molar-refractivity contribution is 0.122. The Morgan fingerprint density at radius 3 is 2.28 bits per heavy atom. The fraction of sp³-hybridized carbons (Fsp3) is 0.458. The molecule has 0 radical (unpaired) electrons. The molecule has 2 fully saturated rings. The molecule has 4 rings (SSSR count). The molecule has 2 aliphatic rings. The third kappa shape index (κ3) is 6.25. The number of morpholine rings is 1. The van der Waals surface area contributed by atoms with Gasteiger partial charge in [-0.3, -0.25) is 0 Å². The van der Waals surface area contributed by atoms with E-state index in [2.05, 4.69) is 51.2 Å². The molecular weight excluding hydrogens is 520 g/mol. The Morgan fingerprint density at radius 1 is 0.938 bits per heavy atom. The van der Waals surface area contributed by atoms with Crippen LogP contribution in [0.2, 0.25) is 0 Å². The van der Waals surface area contributed by atoms with E-state index < -0.39 is 0 Å². The average Bonchev–Trinajstić information content (AvgIpc) is 2.83. The van der Waals surface area contributed by atoms with E-state index in [1.807, 2.05) is 12.1 Å². The van der Waals surface area contributed by atoms with Crippen LogP contribution in [0.5, 0.6) is 0 Å². The molecular formula is C24H33FIN5O. The summed E-state index contributed by atoms with van der Waals surface area (Å²) in [5.41, 5.74) is 3.12. The number of nitrogens with one attached hydrogen (secondary N) is 1. The van der Waals surface area contributed by atoms with E-state index in [4.69, 9.17) is 9.73 Å². The zero-order valence-electron chi connectivity index (χ0n) is 18.7. The summed E-state index contributed by atoms with van der Waals surface area (Å²) in [7, 11) is 0. The highest BCUT2D eigenvalue weighted by Crippen LogP contribution is 2.20. The molecule has 0 unspecified atom stereocenters. The van der Waals surface area contributed by atoms with E-state index in [-0.39, 0.29) is 29.8 Å². The first-order chi connectivity index (χ1) is 15.2. The molecule has 0 amide bonds. The van der Waals surface area contributed by atoms with Crippen LogP contribution in [0.15, 0.2) is 53.5 Å². The summed E-state index contributed by atoms with van der Waals surface area (Å²) < 4.78 is 19.5. The van der Waals surface area contributed by atoms with Crippen LogP contribution in [-0.4, -0.2) is 69.9 Å². The summed E-state index contributed by atoms with van der Waals surface area (Å²) >= 11 is 0. The zero-order valence-corrected chi connectivity index (χ0v) is 21.0. The van der Waals surface area contributed by atoms with Crippen molar-refractivity contribution in [3.8, 4) is 0 Å². The molecule has 2 aliphatic heterocycles. The van der Waals surface area contributed by atoms with Crippen LogP contribution in [0.1, 0.15) is 12.5 Å². The minimum absolute atomic E-state index is 0. The van der Waals surface area contributed by atoms with E-state index in [1.54, 1.807) is 6.07 Å². The highest BCUT2D eigenvalue weighted by Gasteiger charge is 2.21. The number of anilines is 2. The summed E-state index contributed by atoms with van der Waals surface area (Å²) in [6.07, 6.45) is 0. The Kier molecular flexibility index (Phi) is 9.40. The standard InChI is InChI=1S/C24H32FN5O.HI/c1-2-26-24(30-13-11-29(12-14-30)23-6-4-3-5-22(23)25)27-19-20-7-9-21(10-8-20)28-15-17-31-18-16-28;/h3-10H,2,11-19H2,1H3,(H,26,27);1H. The number of piperazine rings is 1. The minimum atomic E-state index is -0.156. The van der Waals surface area contributed by atoms with Crippen LogP contribution in [0.4, 0.5) is 15.8 Å². The number of benzene rings is 2. The van der Waals surface area contributed by atoms with Gasteiger partial charge in [0.2, 0.25) is 0 Å². The van der Waals surface area contributed by atoms with Crippen LogP contribution in [0, 0.1) is 5.82 Å². The largest absolute Gasteiger partial charge is 0.378 e. The highest BCUT2D eigenvalue weighted by atomic mass is 127. The second kappa shape index (κ2) is 12.2. The molecule has 0 aliphatic carbocycles. The van der Waals surface area contributed by atoms with E-state index >= 15 is 0 Å². The Bertz CT molecular complexity index is 865. The van der Waals surface area contributed by atoms with Crippen LogP contribution >= 0.6 is 24.0 Å². The van der Waals surface area contributed by atoms with Crippen molar-refractivity contribution < 1.29 is 9.13 Å². The van der Waals surface area contributed by atoms with Crippen LogP contribution in [0.25, 0.3) is 0 Å². The van der Waals surface area contributed by atoms with Gasteiger partial charge in [0.25, 0.3) is 0 Å². The Morgan fingerprint density at radius 2 is 1.62 bits per heavy atom. The molecule has 0 saturated carbocycles. The Balaban J connectivity index is 0.00000289. The average molecular weight is 553 g/mol. The molecule has 0 spiro atoms. The predicted molar refractivity (Wildman–Crippen MR) is 140 cm³/mol. The number of hydrogen-bond acceptors (Lipinski definition) is 4. The van der Waals surface area contributed by atoms with Gasteiger partial charge in [-0.05, 0) is 36.8 Å². The first-order valence-electron chi connectivity index (χ1n) is 11.2. The lowest BCUT2D eigenvalue weighted by Gasteiger charge is -2.37. The van der Waals surface area contributed by atoms with Crippen LogP contribution < -0.4 is 15.1 Å². The van der Waals surface area contributed by atoms with Gasteiger partial charge in [0, 0.05) is 51.5 Å². The lowest BCUT2D eigenvalue weighted by atomic mass is 10.2. The second-order valence-electron chi connectivity index (χ2n) is 7.86. The van der Waals surface area contributed by atoms with Gasteiger partial charge in [-0.2, -0.15) is 0 Å². The maximum atomic E-state index is 14.1. The van der Waals surface area contributed by atoms with Crippen molar-refractivity contribution in [2.75, 3.05) is 68.8 Å². The van der Waals surface area contributed by atoms with Gasteiger partial charge in [0.15, 0.2) is 5.96 Å². The van der Waals surface area contributed by atoms with Gasteiger partial charge in [-0.15, -0.1) is 24.0 Å². The second-order valence-corrected chi connectivity index (χ2v) is 7.86. The molecule has 2 aromatic rings. The molecule has 0 atom stereocenters. The third-order valence-corrected chi connectivity index (χ3v) is 5.83. The number of hydrogen-bond donors (Lipinski definition) is 1. The van der Waals surface area contributed by atoms with Crippen molar-refractivity contribution in [2.24, 2.45) is 4.99 Å². The summed E-state index contributed by atoms with van der Waals surface area (Å²) in [5, 5.41) is 3.41. The normalized spacial score (nSPS) is 17.2. The number of aliphatic imine (C=N–C) groups is 1. The van der Waals surface area contributed by atoms with Crippen molar-refractivity contribution in [2.45, 2.75) is 13.5 Å². The molecule has 0 aromatic heterocycles. The topological polar surface area (TPSA) is 43.3 Å². The quantitative estimate of drug-likeness (QED) is 0.349. The van der Waals surface area contributed by atoms with Crippen molar-refractivity contribution in [1.82, 2.24) is 10.2 Å². The molecule has 0 bridgehead atoms. The van der Waals surface area contributed by atoms with Gasteiger partial charge in [0.05, 0.1) is 25.4 Å². The van der Waals surface area contributed by atoms with Gasteiger partial charge < -0.3 is 24.8 Å². The Labute approximate surface area is 207 Å². The number of nitrogens with zero attached hydrogens (tertiary/aromatic N) is 4. The number of ether oxygens (including phenoxy) is 1. The van der Waals surface area contributed by atoms with Gasteiger partial charge in [-0.25, -0.2) is 9.38 Å². The van der Waals surface area contributed by atoms with Crippen LogP contribution in [0.3, 0.4) is 0 Å². The van der Waals surface area contributed by atoms with Crippen molar-refractivity contribution in [3.63, 3.8) is 0 Å². The van der Waals surface area contributed by atoms with Gasteiger partial charge >= 0.3 is 0 Å². The fourth-order valence-electron chi connectivity index (χ4n) is 4.09. The predicted octanol–water partition coefficient (Wildman–Crippen LogP) is 3.57. The monoisotopic (exact) mass is 553 g/mol. The lowest BCUT2D eigenvalue weighted by Crippen LogP contribution is -2.52. The summed E-state index contributed by atoms with van der Waals surface area (Å²) in [4.78, 5) is 11.6. The first kappa shape index (κ1) is 24.6. The molecule has 2 heterocycles. The molecule has 8 heteroatoms. The minimum Gasteiger partial charge on any atom is -0.378 e. The maximum absolute atomic E-state index is 14.1.